The number of methoxy groups -OCH3 is 3. The lowest BCUT2D eigenvalue weighted by atomic mass is 9.96. The maximum atomic E-state index is 13.6. The van der Waals surface area contributed by atoms with Crippen LogP contribution < -0.4 is 14.2 Å². The van der Waals surface area contributed by atoms with Gasteiger partial charge in [-0.25, -0.2) is 0 Å². The summed E-state index contributed by atoms with van der Waals surface area (Å²) >= 11 is 0. The lowest BCUT2D eigenvalue weighted by Crippen LogP contribution is -2.31. The summed E-state index contributed by atoms with van der Waals surface area (Å²) < 4.78 is 16.1. The molecule has 1 aliphatic rings. The van der Waals surface area contributed by atoms with Gasteiger partial charge in [0, 0.05) is 17.7 Å². The first-order chi connectivity index (χ1) is 17.1. The van der Waals surface area contributed by atoms with Crippen molar-refractivity contribution in [2.24, 2.45) is 0 Å². The summed E-state index contributed by atoms with van der Waals surface area (Å²) in [6.45, 7) is 0.540. The highest BCUT2D eigenvalue weighted by Gasteiger charge is 2.41. The molecular formula is C28H27N3O4. The van der Waals surface area contributed by atoms with Crippen molar-refractivity contribution in [2.75, 3.05) is 27.9 Å². The quantitative estimate of drug-likeness (QED) is 0.398. The van der Waals surface area contributed by atoms with Gasteiger partial charge < -0.3 is 19.1 Å². The first-order valence-electron chi connectivity index (χ1n) is 11.4. The predicted molar refractivity (Wildman–Crippen MR) is 133 cm³/mol. The monoisotopic (exact) mass is 469 g/mol. The van der Waals surface area contributed by atoms with E-state index in [2.05, 4.69) is 22.3 Å². The second kappa shape index (κ2) is 9.54. The number of benzene rings is 3. The number of hydrogen-bond acceptors (Lipinski definition) is 5. The van der Waals surface area contributed by atoms with E-state index in [1.54, 1.807) is 21.3 Å². The summed E-state index contributed by atoms with van der Waals surface area (Å²) in [4.78, 5) is 15.5. The Bertz CT molecular complexity index is 1330. The average Bonchev–Trinajstić information content (AvgIpc) is 3.46. The number of ether oxygens (including phenoxy) is 3. The lowest BCUT2D eigenvalue weighted by Gasteiger charge is -2.26. The predicted octanol–water partition coefficient (Wildman–Crippen LogP) is 4.89. The normalized spacial score (nSPS) is 14.7. The minimum absolute atomic E-state index is 0.0541. The maximum Gasteiger partial charge on any atom is 0.273 e. The van der Waals surface area contributed by atoms with Crippen molar-refractivity contribution in [3.63, 3.8) is 0 Å². The van der Waals surface area contributed by atoms with Crippen molar-refractivity contribution < 1.29 is 19.0 Å². The van der Waals surface area contributed by atoms with Gasteiger partial charge in [-0.15, -0.1) is 0 Å². The molecule has 35 heavy (non-hydrogen) atoms. The van der Waals surface area contributed by atoms with E-state index in [0.717, 1.165) is 33.7 Å². The smallest absolute Gasteiger partial charge is 0.273 e. The van der Waals surface area contributed by atoms with E-state index < -0.39 is 0 Å². The van der Waals surface area contributed by atoms with Gasteiger partial charge in [0.05, 0.1) is 33.1 Å². The molecule has 1 aliphatic heterocycles. The lowest BCUT2D eigenvalue weighted by molar-refractivity contribution is 0.0746. The molecule has 5 rings (SSSR count). The summed E-state index contributed by atoms with van der Waals surface area (Å²) in [5.41, 5.74) is 5.25. The van der Waals surface area contributed by atoms with Crippen LogP contribution in [-0.4, -0.2) is 48.9 Å². The summed E-state index contributed by atoms with van der Waals surface area (Å²) in [5, 5.41) is 7.56. The number of nitrogens with zero attached hydrogens (tertiary/aromatic N) is 2. The number of fused-ring (bicyclic) bond motifs is 1. The summed E-state index contributed by atoms with van der Waals surface area (Å²) in [6, 6.07) is 23.4. The largest absolute Gasteiger partial charge is 0.497 e. The van der Waals surface area contributed by atoms with Crippen molar-refractivity contribution >= 4 is 5.91 Å². The van der Waals surface area contributed by atoms with E-state index in [4.69, 9.17) is 14.2 Å². The van der Waals surface area contributed by atoms with Crippen molar-refractivity contribution in [2.45, 2.75) is 12.5 Å². The fourth-order valence-corrected chi connectivity index (χ4v) is 4.66. The Kier molecular flexibility index (Phi) is 6.14. The molecule has 2 heterocycles. The first-order valence-corrected chi connectivity index (χ1v) is 11.4. The Morgan fingerprint density at radius 3 is 2.31 bits per heavy atom. The zero-order valence-corrected chi connectivity index (χ0v) is 19.9. The molecule has 3 aromatic carbocycles. The summed E-state index contributed by atoms with van der Waals surface area (Å²) in [7, 11) is 4.88. The zero-order chi connectivity index (χ0) is 24.4. The van der Waals surface area contributed by atoms with Crippen LogP contribution in [0, 0.1) is 0 Å². The molecule has 0 radical (unpaired) electrons. The van der Waals surface area contributed by atoms with Gasteiger partial charge in [0.15, 0.2) is 11.5 Å². The third-order valence-corrected chi connectivity index (χ3v) is 6.43. The van der Waals surface area contributed by atoms with Gasteiger partial charge in [-0.3, -0.25) is 9.89 Å². The van der Waals surface area contributed by atoms with Gasteiger partial charge in [0.2, 0.25) is 0 Å². The number of nitrogens with one attached hydrogen (secondary N) is 1. The average molecular weight is 470 g/mol. The molecule has 0 fully saturated rings. The zero-order valence-electron chi connectivity index (χ0n) is 19.9. The molecule has 178 valence electrons. The molecule has 0 aliphatic carbocycles. The van der Waals surface area contributed by atoms with Crippen LogP contribution in [0.2, 0.25) is 0 Å². The minimum Gasteiger partial charge on any atom is -0.497 e. The summed E-state index contributed by atoms with van der Waals surface area (Å²) in [6.07, 6.45) is 0.672. The van der Waals surface area contributed by atoms with Gasteiger partial charge in [0.25, 0.3) is 5.91 Å². The molecule has 0 unspecified atom stereocenters. The first kappa shape index (κ1) is 22.5. The number of rotatable bonds is 8. The molecule has 1 N–H and O–H groups in total. The van der Waals surface area contributed by atoms with E-state index in [0.29, 0.717) is 30.2 Å². The van der Waals surface area contributed by atoms with Crippen molar-refractivity contribution in [3.8, 4) is 28.5 Å². The topological polar surface area (TPSA) is 76.7 Å². The molecule has 0 spiro atoms. The Balaban J connectivity index is 1.50. The fraction of sp³-hybridized carbons (Fsp3) is 0.214. The van der Waals surface area contributed by atoms with Crippen LogP contribution in [0.3, 0.4) is 0 Å². The molecular weight excluding hydrogens is 442 g/mol. The van der Waals surface area contributed by atoms with Crippen LogP contribution in [0.25, 0.3) is 11.3 Å². The third-order valence-electron chi connectivity index (χ3n) is 6.43. The van der Waals surface area contributed by atoms with Gasteiger partial charge in [-0.1, -0.05) is 36.4 Å². The molecule has 0 saturated carbocycles. The van der Waals surface area contributed by atoms with Gasteiger partial charge in [0.1, 0.15) is 11.4 Å². The Morgan fingerprint density at radius 2 is 1.63 bits per heavy atom. The number of aromatic amines is 1. The second-order valence-electron chi connectivity index (χ2n) is 8.34. The number of carbonyl (C=O) groups excluding carboxylic acids is 1. The van der Waals surface area contributed by atoms with Gasteiger partial charge >= 0.3 is 0 Å². The summed E-state index contributed by atoms with van der Waals surface area (Å²) in [5.74, 6) is 2.07. The Morgan fingerprint density at radius 1 is 0.886 bits per heavy atom. The highest BCUT2D eigenvalue weighted by atomic mass is 16.5. The molecule has 7 nitrogen and oxygen atoms in total. The molecule has 1 aromatic heterocycles. The number of carbonyl (C=O) groups is 1. The number of aromatic nitrogens is 2. The van der Waals surface area contributed by atoms with E-state index >= 15 is 0 Å². The third kappa shape index (κ3) is 4.10. The molecule has 1 amide bonds. The Labute approximate surface area is 204 Å². The van der Waals surface area contributed by atoms with Crippen LogP contribution in [0.15, 0.2) is 72.8 Å². The van der Waals surface area contributed by atoms with Crippen molar-refractivity contribution in [1.82, 2.24) is 15.1 Å². The van der Waals surface area contributed by atoms with E-state index in [-0.39, 0.29) is 11.9 Å². The van der Waals surface area contributed by atoms with E-state index in [1.807, 2.05) is 65.6 Å². The van der Waals surface area contributed by atoms with Crippen LogP contribution in [0.4, 0.5) is 0 Å². The van der Waals surface area contributed by atoms with Crippen LogP contribution >= 0.6 is 0 Å². The highest BCUT2D eigenvalue weighted by molar-refractivity contribution is 6.00. The van der Waals surface area contributed by atoms with E-state index in [1.165, 1.54) is 0 Å². The molecule has 4 aromatic rings. The SMILES string of the molecule is COc1ccc(-c2n[nH]c3c2[C@@H](c2ccccc2)N(CCc2ccc(OC)c(OC)c2)C3=O)cc1. The van der Waals surface area contributed by atoms with Gasteiger partial charge in [-0.05, 0) is 53.9 Å². The Hall–Kier alpha value is -4.26. The standard InChI is InChI=1S/C28H27N3O4/c1-33-21-12-10-19(11-13-21)25-24-26(30-29-25)28(32)31(27(24)20-7-5-4-6-8-20)16-15-18-9-14-22(34-2)23(17-18)35-3/h4-14,17,27H,15-16H2,1-3H3,(H,29,30)/t27-/m1/s1. The van der Waals surface area contributed by atoms with Crippen LogP contribution in [0.1, 0.15) is 33.2 Å². The number of H-pyrrole nitrogens is 1. The number of hydrogen-bond donors (Lipinski definition) is 1. The fourth-order valence-electron chi connectivity index (χ4n) is 4.66. The maximum absolute atomic E-state index is 13.6. The molecule has 0 saturated heterocycles. The van der Waals surface area contributed by atoms with Crippen LogP contribution in [-0.2, 0) is 6.42 Å². The second-order valence-corrected chi connectivity index (χ2v) is 8.34. The van der Waals surface area contributed by atoms with E-state index in [9.17, 15) is 4.79 Å². The van der Waals surface area contributed by atoms with Crippen molar-refractivity contribution in [1.29, 1.82) is 0 Å². The molecule has 0 bridgehead atoms. The van der Waals surface area contributed by atoms with Crippen LogP contribution in [0.5, 0.6) is 17.2 Å². The molecule has 7 heteroatoms. The highest BCUT2D eigenvalue weighted by Crippen LogP contribution is 2.43. The van der Waals surface area contributed by atoms with Crippen molar-refractivity contribution in [3.05, 3.63) is 95.2 Å². The minimum atomic E-state index is -0.241. The molecule has 1 atom stereocenters. The van der Waals surface area contributed by atoms with Gasteiger partial charge in [-0.2, -0.15) is 5.10 Å². The number of amides is 1.